The lowest BCUT2D eigenvalue weighted by Crippen LogP contribution is -2.36. The highest BCUT2D eigenvalue weighted by atomic mass is 32.2. The van der Waals surface area contributed by atoms with Crippen molar-refractivity contribution in [3.05, 3.63) is 0 Å². The van der Waals surface area contributed by atoms with Crippen molar-refractivity contribution in [3.8, 4) is 0 Å². The molecule has 1 aliphatic carbocycles. The van der Waals surface area contributed by atoms with Gasteiger partial charge in [-0.05, 0) is 43.3 Å². The lowest BCUT2D eigenvalue weighted by atomic mass is 9.75. The van der Waals surface area contributed by atoms with E-state index in [1.807, 2.05) is 11.8 Å². The minimum absolute atomic E-state index is 0.331. The van der Waals surface area contributed by atoms with Crippen molar-refractivity contribution in [1.29, 1.82) is 0 Å². The number of nitrogens with one attached hydrogen (secondary N) is 1. The highest BCUT2D eigenvalue weighted by Gasteiger charge is 2.26. The predicted octanol–water partition coefficient (Wildman–Crippen LogP) is 2.66. The third kappa shape index (κ3) is 6.12. The van der Waals surface area contributed by atoms with E-state index >= 15 is 0 Å². The molecule has 0 aromatic rings. The molecule has 0 spiro atoms. The third-order valence-corrected chi connectivity index (χ3v) is 4.54. The molecule has 1 fully saturated rings. The topological polar surface area (TPSA) is 32.3 Å². The fourth-order valence-corrected chi connectivity index (χ4v) is 3.01. The van der Waals surface area contributed by atoms with Gasteiger partial charge in [0.1, 0.15) is 0 Å². The highest BCUT2D eigenvalue weighted by Crippen LogP contribution is 2.34. The first kappa shape index (κ1) is 14.3. The number of aliphatic hydroxyl groups excluding tert-OH is 1. The van der Waals surface area contributed by atoms with Gasteiger partial charge in [0.25, 0.3) is 0 Å². The van der Waals surface area contributed by atoms with Crippen LogP contribution in [0.3, 0.4) is 0 Å². The standard InChI is InChI=1S/C13H27NOS/c1-13(2)6-4-12(5-7-13)14-8-11-16-10-3-9-15/h12,14-15H,3-11H2,1-2H3. The first-order valence-corrected chi connectivity index (χ1v) is 7.71. The Labute approximate surface area is 105 Å². The van der Waals surface area contributed by atoms with Crippen LogP contribution in [0.1, 0.15) is 46.0 Å². The molecule has 1 aliphatic rings. The lowest BCUT2D eigenvalue weighted by molar-refractivity contribution is 0.208. The maximum atomic E-state index is 8.65. The Bertz CT molecular complexity index is 175. The maximum Gasteiger partial charge on any atom is 0.0438 e. The van der Waals surface area contributed by atoms with Gasteiger partial charge in [-0.1, -0.05) is 13.8 Å². The van der Waals surface area contributed by atoms with E-state index < -0.39 is 0 Å². The predicted molar refractivity (Wildman–Crippen MR) is 73.1 cm³/mol. The van der Waals surface area contributed by atoms with Crippen LogP contribution >= 0.6 is 11.8 Å². The highest BCUT2D eigenvalue weighted by molar-refractivity contribution is 7.99. The van der Waals surface area contributed by atoms with Crippen LogP contribution in [0.25, 0.3) is 0 Å². The van der Waals surface area contributed by atoms with Gasteiger partial charge in [0, 0.05) is 24.9 Å². The second kappa shape index (κ2) is 7.57. The van der Waals surface area contributed by atoms with Crippen LogP contribution in [-0.4, -0.2) is 35.8 Å². The Morgan fingerprint density at radius 3 is 2.56 bits per heavy atom. The van der Waals surface area contributed by atoms with Gasteiger partial charge < -0.3 is 10.4 Å². The quantitative estimate of drug-likeness (QED) is 0.676. The monoisotopic (exact) mass is 245 g/mol. The van der Waals surface area contributed by atoms with E-state index in [0.29, 0.717) is 12.0 Å². The molecule has 1 saturated carbocycles. The molecule has 2 N–H and O–H groups in total. The van der Waals surface area contributed by atoms with E-state index in [-0.39, 0.29) is 0 Å². The van der Waals surface area contributed by atoms with Gasteiger partial charge in [-0.2, -0.15) is 11.8 Å². The molecule has 0 aliphatic heterocycles. The summed E-state index contributed by atoms with van der Waals surface area (Å²) < 4.78 is 0. The summed E-state index contributed by atoms with van der Waals surface area (Å²) in [5.41, 5.74) is 0.577. The van der Waals surface area contributed by atoms with Gasteiger partial charge >= 0.3 is 0 Å². The Morgan fingerprint density at radius 1 is 1.25 bits per heavy atom. The van der Waals surface area contributed by atoms with Gasteiger partial charge in [0.2, 0.25) is 0 Å². The van der Waals surface area contributed by atoms with E-state index in [0.717, 1.165) is 24.8 Å². The van der Waals surface area contributed by atoms with Crippen molar-refractivity contribution in [2.45, 2.75) is 52.0 Å². The summed E-state index contributed by atoms with van der Waals surface area (Å²) >= 11 is 1.94. The number of rotatable bonds is 7. The minimum Gasteiger partial charge on any atom is -0.396 e. The van der Waals surface area contributed by atoms with Gasteiger partial charge in [0.05, 0.1) is 0 Å². The SMILES string of the molecule is CC1(C)CCC(NCCSCCCO)CC1. The van der Waals surface area contributed by atoms with Crippen LogP contribution in [0.5, 0.6) is 0 Å². The molecule has 0 heterocycles. The maximum absolute atomic E-state index is 8.65. The molecule has 0 unspecified atom stereocenters. The summed E-state index contributed by atoms with van der Waals surface area (Å²) in [4.78, 5) is 0. The molecule has 0 saturated heterocycles. The van der Waals surface area contributed by atoms with Gasteiger partial charge in [0.15, 0.2) is 0 Å². The van der Waals surface area contributed by atoms with Crippen LogP contribution < -0.4 is 5.32 Å². The first-order chi connectivity index (χ1) is 7.64. The third-order valence-electron chi connectivity index (χ3n) is 3.47. The molecule has 2 nitrogen and oxygen atoms in total. The summed E-state index contributed by atoms with van der Waals surface area (Å²) in [6, 6.07) is 0.756. The molecule has 1 rings (SSSR count). The Balaban J connectivity index is 1.94. The fourth-order valence-electron chi connectivity index (χ4n) is 2.21. The molecular formula is C13H27NOS. The van der Waals surface area contributed by atoms with Crippen LogP contribution in [0, 0.1) is 5.41 Å². The second-order valence-corrected chi connectivity index (χ2v) is 6.81. The van der Waals surface area contributed by atoms with E-state index in [9.17, 15) is 0 Å². The molecule has 0 bridgehead atoms. The number of thioether (sulfide) groups is 1. The average molecular weight is 245 g/mol. The van der Waals surface area contributed by atoms with Crippen LogP contribution in [0.2, 0.25) is 0 Å². The fraction of sp³-hybridized carbons (Fsp3) is 1.00. The molecule has 0 radical (unpaired) electrons. The van der Waals surface area contributed by atoms with E-state index in [1.54, 1.807) is 0 Å². The van der Waals surface area contributed by atoms with E-state index in [4.69, 9.17) is 5.11 Å². The molecule has 3 heteroatoms. The zero-order chi connectivity index (χ0) is 11.9. The van der Waals surface area contributed by atoms with E-state index in [1.165, 1.54) is 31.4 Å². The van der Waals surface area contributed by atoms with Crippen molar-refractivity contribution in [3.63, 3.8) is 0 Å². The summed E-state index contributed by atoms with van der Waals surface area (Å²) in [5.74, 6) is 2.27. The van der Waals surface area contributed by atoms with Crippen LogP contribution in [-0.2, 0) is 0 Å². The smallest absolute Gasteiger partial charge is 0.0438 e. The number of hydrogen-bond acceptors (Lipinski definition) is 3. The molecule has 0 aromatic carbocycles. The van der Waals surface area contributed by atoms with Gasteiger partial charge in [-0.15, -0.1) is 0 Å². The molecule has 96 valence electrons. The summed E-state index contributed by atoms with van der Waals surface area (Å²) in [7, 11) is 0. The number of aliphatic hydroxyl groups is 1. The van der Waals surface area contributed by atoms with Crippen molar-refractivity contribution in [2.24, 2.45) is 5.41 Å². The first-order valence-electron chi connectivity index (χ1n) is 6.56. The average Bonchev–Trinajstić information content (AvgIpc) is 2.25. The van der Waals surface area contributed by atoms with E-state index in [2.05, 4.69) is 19.2 Å². The van der Waals surface area contributed by atoms with Crippen molar-refractivity contribution < 1.29 is 5.11 Å². The Kier molecular flexibility index (Phi) is 6.78. The molecule has 16 heavy (non-hydrogen) atoms. The largest absolute Gasteiger partial charge is 0.396 e. The Morgan fingerprint density at radius 2 is 1.94 bits per heavy atom. The molecule has 0 amide bonds. The van der Waals surface area contributed by atoms with Crippen LogP contribution in [0.15, 0.2) is 0 Å². The lowest BCUT2D eigenvalue weighted by Gasteiger charge is -2.34. The zero-order valence-corrected chi connectivity index (χ0v) is 11.6. The molecule has 0 aromatic heterocycles. The molecule has 0 atom stereocenters. The summed E-state index contributed by atoms with van der Waals surface area (Å²) in [6.45, 7) is 6.22. The van der Waals surface area contributed by atoms with Crippen molar-refractivity contribution >= 4 is 11.8 Å². The Hall–Kier alpha value is 0.270. The van der Waals surface area contributed by atoms with Gasteiger partial charge in [-0.25, -0.2) is 0 Å². The number of hydrogen-bond donors (Lipinski definition) is 2. The minimum atomic E-state index is 0.331. The zero-order valence-electron chi connectivity index (χ0n) is 10.8. The van der Waals surface area contributed by atoms with Crippen LogP contribution in [0.4, 0.5) is 0 Å². The second-order valence-electron chi connectivity index (χ2n) is 5.58. The summed E-state index contributed by atoms with van der Waals surface area (Å²) in [5, 5.41) is 12.3. The van der Waals surface area contributed by atoms with Crippen molar-refractivity contribution in [1.82, 2.24) is 5.32 Å². The summed E-state index contributed by atoms with van der Waals surface area (Å²) in [6.07, 6.45) is 6.34. The molecular weight excluding hydrogens is 218 g/mol. The van der Waals surface area contributed by atoms with Crippen molar-refractivity contribution in [2.75, 3.05) is 24.7 Å². The van der Waals surface area contributed by atoms with Gasteiger partial charge in [-0.3, -0.25) is 0 Å². The normalized spacial score (nSPS) is 21.2.